The fourth-order valence-electron chi connectivity index (χ4n) is 6.68. The third-order valence-corrected chi connectivity index (χ3v) is 10.4. The van der Waals surface area contributed by atoms with Crippen molar-refractivity contribution in [3.8, 4) is 0 Å². The second-order valence-electron chi connectivity index (χ2n) is 10.8. The van der Waals surface area contributed by atoms with Crippen LogP contribution in [0.15, 0.2) is 95.4 Å². The van der Waals surface area contributed by atoms with Gasteiger partial charge in [-0.2, -0.15) is 0 Å². The lowest BCUT2D eigenvalue weighted by atomic mass is 9.62. The molecule has 1 amide bonds. The Morgan fingerprint density at radius 3 is 2.48 bits per heavy atom. The van der Waals surface area contributed by atoms with Gasteiger partial charge in [0.05, 0.1) is 16.9 Å². The van der Waals surface area contributed by atoms with E-state index >= 15 is 0 Å². The van der Waals surface area contributed by atoms with Crippen LogP contribution in [-0.2, 0) is 34.7 Å². The summed E-state index contributed by atoms with van der Waals surface area (Å²) in [5.74, 6) is -2.05. The fraction of sp³-hybridized carbons (Fsp3) is 0.281. The molecule has 3 aliphatic rings. The topological polar surface area (TPSA) is 97.8 Å². The molecule has 3 atom stereocenters. The van der Waals surface area contributed by atoms with Crippen molar-refractivity contribution < 1.29 is 27.5 Å². The molecule has 0 radical (unpaired) electrons. The van der Waals surface area contributed by atoms with Crippen molar-refractivity contribution >= 4 is 38.5 Å². The van der Waals surface area contributed by atoms with Crippen LogP contribution in [-0.4, -0.2) is 37.0 Å². The quantitative estimate of drug-likeness (QED) is 0.412. The van der Waals surface area contributed by atoms with Gasteiger partial charge in [0.2, 0.25) is 5.91 Å². The van der Waals surface area contributed by atoms with Crippen molar-refractivity contribution in [2.45, 2.75) is 43.5 Å². The van der Waals surface area contributed by atoms with E-state index in [0.717, 1.165) is 20.6 Å². The van der Waals surface area contributed by atoms with Crippen molar-refractivity contribution in [3.05, 3.63) is 102 Å². The highest BCUT2D eigenvalue weighted by atomic mass is 32.2. The first-order chi connectivity index (χ1) is 19.1. The van der Waals surface area contributed by atoms with Gasteiger partial charge in [-0.05, 0) is 73.4 Å². The summed E-state index contributed by atoms with van der Waals surface area (Å²) in [5.41, 5.74) is -0.944. The Balaban J connectivity index is 1.61. The van der Waals surface area contributed by atoms with Crippen molar-refractivity contribution in [2.24, 2.45) is 11.3 Å². The van der Waals surface area contributed by atoms with Crippen molar-refractivity contribution in [2.75, 3.05) is 6.61 Å². The van der Waals surface area contributed by atoms with Crippen LogP contribution in [0.5, 0.6) is 0 Å². The van der Waals surface area contributed by atoms with Gasteiger partial charge in [-0.15, -0.1) is 0 Å². The van der Waals surface area contributed by atoms with Gasteiger partial charge in [0.25, 0.3) is 10.0 Å². The van der Waals surface area contributed by atoms with Crippen LogP contribution in [0.1, 0.15) is 37.3 Å². The largest absolute Gasteiger partial charge is 0.463 e. The maximum atomic E-state index is 14.7. The molecule has 1 fully saturated rings. The highest BCUT2D eigenvalue weighted by Gasteiger charge is 2.71. The van der Waals surface area contributed by atoms with Gasteiger partial charge in [-0.1, -0.05) is 60.2 Å². The maximum absolute atomic E-state index is 14.7. The molecule has 0 saturated carbocycles. The van der Waals surface area contributed by atoms with E-state index in [2.05, 4.69) is 0 Å². The summed E-state index contributed by atoms with van der Waals surface area (Å²) in [4.78, 5) is 40.3. The molecule has 2 aliphatic carbocycles. The number of esters is 1. The van der Waals surface area contributed by atoms with Gasteiger partial charge in [-0.25, -0.2) is 17.5 Å². The molecule has 1 aliphatic heterocycles. The molecule has 0 unspecified atom stereocenters. The first kappa shape index (κ1) is 26.2. The lowest BCUT2D eigenvalue weighted by Crippen LogP contribution is -2.50. The van der Waals surface area contributed by atoms with Crippen molar-refractivity contribution in [1.29, 1.82) is 0 Å². The number of benzene rings is 3. The van der Waals surface area contributed by atoms with Gasteiger partial charge >= 0.3 is 5.97 Å². The zero-order chi connectivity index (χ0) is 28.3. The number of nitrogens with zero attached hydrogens (tertiary/aromatic N) is 1. The van der Waals surface area contributed by atoms with Gasteiger partial charge in [0, 0.05) is 17.9 Å². The molecule has 7 nitrogen and oxygen atoms in total. The molecule has 6 rings (SSSR count). The molecule has 3 aromatic carbocycles. The zero-order valence-electron chi connectivity index (χ0n) is 22.3. The van der Waals surface area contributed by atoms with Gasteiger partial charge in [0.15, 0.2) is 5.78 Å². The number of fused-ring (bicyclic) bond motifs is 3. The van der Waals surface area contributed by atoms with Gasteiger partial charge < -0.3 is 4.74 Å². The van der Waals surface area contributed by atoms with E-state index < -0.39 is 38.8 Å². The number of amides is 1. The summed E-state index contributed by atoms with van der Waals surface area (Å²) in [5, 5.41) is 1.85. The number of sulfonamides is 1. The Morgan fingerprint density at radius 1 is 1.02 bits per heavy atom. The number of ether oxygens (including phenoxy) is 1. The SMILES string of the molecule is CCOC(=O)C1=CC[C@@]2(C1)C(=O)N(S(=O)(=O)c1ccc(C)cc1)[C@]1(c3ccc4ccccc4c3)C=CC(=O)C[C@H]21. The molecular formula is C32H29NO6S. The van der Waals surface area contributed by atoms with E-state index in [1.54, 1.807) is 31.2 Å². The molecule has 8 heteroatoms. The summed E-state index contributed by atoms with van der Waals surface area (Å²) in [7, 11) is -4.38. The minimum atomic E-state index is -4.38. The first-order valence-electron chi connectivity index (χ1n) is 13.4. The van der Waals surface area contributed by atoms with Crippen LogP contribution in [0.25, 0.3) is 10.8 Å². The van der Waals surface area contributed by atoms with Crippen molar-refractivity contribution in [3.63, 3.8) is 0 Å². The molecule has 0 N–H and O–H groups in total. The Kier molecular flexibility index (Phi) is 6.07. The molecular weight excluding hydrogens is 526 g/mol. The lowest BCUT2D eigenvalue weighted by molar-refractivity contribution is -0.139. The van der Waals surface area contributed by atoms with Crippen LogP contribution >= 0.6 is 0 Å². The monoisotopic (exact) mass is 555 g/mol. The summed E-state index contributed by atoms with van der Waals surface area (Å²) >= 11 is 0. The minimum absolute atomic E-state index is 0.00566. The lowest BCUT2D eigenvalue weighted by Gasteiger charge is -2.42. The number of hydrogen-bond acceptors (Lipinski definition) is 6. The number of allylic oxidation sites excluding steroid dienone is 2. The Labute approximate surface area is 233 Å². The van der Waals surface area contributed by atoms with Crippen LogP contribution in [0.4, 0.5) is 0 Å². The fourth-order valence-corrected chi connectivity index (χ4v) is 8.46. The molecule has 3 aromatic rings. The Morgan fingerprint density at radius 2 is 1.75 bits per heavy atom. The number of rotatable bonds is 5. The molecule has 1 spiro atoms. The molecule has 40 heavy (non-hydrogen) atoms. The molecule has 1 heterocycles. The predicted molar refractivity (Wildman–Crippen MR) is 149 cm³/mol. The maximum Gasteiger partial charge on any atom is 0.333 e. The second-order valence-corrected chi connectivity index (χ2v) is 12.6. The van der Waals surface area contributed by atoms with Gasteiger partial charge in [-0.3, -0.25) is 9.59 Å². The minimum Gasteiger partial charge on any atom is -0.463 e. The smallest absolute Gasteiger partial charge is 0.333 e. The van der Waals surface area contributed by atoms with E-state index in [1.807, 2.05) is 49.4 Å². The third kappa shape index (κ3) is 3.69. The second kappa shape index (κ2) is 9.27. The van der Waals surface area contributed by atoms with Crippen LogP contribution in [0, 0.1) is 18.3 Å². The molecule has 204 valence electrons. The highest BCUT2D eigenvalue weighted by molar-refractivity contribution is 7.89. The van der Waals surface area contributed by atoms with Crippen LogP contribution in [0.3, 0.4) is 0 Å². The van der Waals surface area contributed by atoms with Gasteiger partial charge in [0.1, 0.15) is 5.54 Å². The highest BCUT2D eigenvalue weighted by Crippen LogP contribution is 2.64. The number of carbonyl (C=O) groups is 3. The van der Waals surface area contributed by atoms with Crippen molar-refractivity contribution in [1.82, 2.24) is 4.31 Å². The standard InChI is InChI=1S/C32H29NO6S/c1-3-39-29(35)24-14-16-31(20-24)28-19-26(34)15-17-32(28,25-11-10-22-6-4-5-7-23(22)18-25)33(30(31)36)40(37,38)27-12-8-21(2)9-13-27/h4-15,17-18,28H,3,16,19-20H2,1-2H3/t28-,31+,32+/m1/s1. The summed E-state index contributed by atoms with van der Waals surface area (Å²) in [6, 6.07) is 19.8. The third-order valence-electron chi connectivity index (χ3n) is 8.60. The number of aryl methyl sites for hydroxylation is 1. The van der Waals surface area contributed by atoms with E-state index in [9.17, 15) is 22.8 Å². The van der Waals surface area contributed by atoms with E-state index in [1.165, 1.54) is 18.2 Å². The van der Waals surface area contributed by atoms with Crippen LogP contribution < -0.4 is 0 Å². The summed E-state index contributed by atoms with van der Waals surface area (Å²) in [6.45, 7) is 3.74. The average molecular weight is 556 g/mol. The summed E-state index contributed by atoms with van der Waals surface area (Å²) in [6.07, 6.45) is 4.77. The molecule has 1 saturated heterocycles. The Hall–Kier alpha value is -4.04. The van der Waals surface area contributed by atoms with E-state index in [0.29, 0.717) is 11.1 Å². The van der Waals surface area contributed by atoms with E-state index in [-0.39, 0.29) is 36.5 Å². The molecule has 0 aromatic heterocycles. The first-order valence-corrected chi connectivity index (χ1v) is 14.8. The number of ketones is 1. The van der Waals surface area contributed by atoms with E-state index in [4.69, 9.17) is 4.74 Å². The molecule has 0 bridgehead atoms. The normalized spacial score (nSPS) is 25.9. The summed E-state index contributed by atoms with van der Waals surface area (Å²) < 4.78 is 35.2. The van der Waals surface area contributed by atoms with Crippen LogP contribution in [0.2, 0.25) is 0 Å². The average Bonchev–Trinajstić information content (AvgIpc) is 3.48. The Bertz CT molecular complexity index is 1740. The number of hydrogen-bond donors (Lipinski definition) is 0. The predicted octanol–water partition coefficient (Wildman–Crippen LogP) is 4.99. The zero-order valence-corrected chi connectivity index (χ0v) is 23.1. The number of carbonyl (C=O) groups excluding carboxylic acids is 3.